The largest absolute Gasteiger partial charge is 0.371 e. The Bertz CT molecular complexity index is 296. The standard InChI is InChI=1S/C12H23N3O/c1-5-16-10(4)12-14-8-11(15-12)7-13-6-9(2)3/h8-10,13H,5-7H2,1-4H3,(H,14,15). The molecule has 1 atom stereocenters. The topological polar surface area (TPSA) is 49.9 Å². The van der Waals surface area contributed by atoms with Gasteiger partial charge in [-0.05, 0) is 26.3 Å². The molecule has 0 fully saturated rings. The maximum Gasteiger partial charge on any atom is 0.135 e. The summed E-state index contributed by atoms with van der Waals surface area (Å²) in [5.41, 5.74) is 1.11. The quantitative estimate of drug-likeness (QED) is 0.748. The van der Waals surface area contributed by atoms with E-state index in [0.29, 0.717) is 12.5 Å². The van der Waals surface area contributed by atoms with E-state index in [-0.39, 0.29) is 6.10 Å². The van der Waals surface area contributed by atoms with Crippen LogP contribution >= 0.6 is 0 Å². The molecule has 16 heavy (non-hydrogen) atoms. The lowest BCUT2D eigenvalue weighted by Crippen LogP contribution is -2.19. The van der Waals surface area contributed by atoms with Crippen LogP contribution in [-0.4, -0.2) is 23.1 Å². The monoisotopic (exact) mass is 225 g/mol. The number of hydrogen-bond donors (Lipinski definition) is 2. The molecule has 0 saturated heterocycles. The fraction of sp³-hybridized carbons (Fsp3) is 0.750. The number of imidazole rings is 1. The zero-order valence-electron chi connectivity index (χ0n) is 10.7. The molecule has 92 valence electrons. The van der Waals surface area contributed by atoms with Crippen LogP contribution in [0.2, 0.25) is 0 Å². The molecule has 0 spiro atoms. The second-order valence-electron chi connectivity index (χ2n) is 4.42. The van der Waals surface area contributed by atoms with Crippen LogP contribution in [0.15, 0.2) is 6.20 Å². The van der Waals surface area contributed by atoms with Gasteiger partial charge in [0.25, 0.3) is 0 Å². The summed E-state index contributed by atoms with van der Waals surface area (Å²) < 4.78 is 5.47. The lowest BCUT2D eigenvalue weighted by Gasteiger charge is -2.08. The third-order valence-electron chi connectivity index (χ3n) is 2.32. The summed E-state index contributed by atoms with van der Waals surface area (Å²) in [5.74, 6) is 1.58. The Balaban J connectivity index is 2.39. The molecule has 2 N–H and O–H groups in total. The molecule has 1 rings (SSSR count). The van der Waals surface area contributed by atoms with Crippen molar-refractivity contribution in [2.24, 2.45) is 5.92 Å². The number of rotatable bonds is 7. The summed E-state index contributed by atoms with van der Waals surface area (Å²) >= 11 is 0. The van der Waals surface area contributed by atoms with E-state index in [1.54, 1.807) is 0 Å². The number of aromatic amines is 1. The van der Waals surface area contributed by atoms with Crippen LogP contribution in [0.4, 0.5) is 0 Å². The molecule has 1 heterocycles. The lowest BCUT2D eigenvalue weighted by molar-refractivity contribution is 0.0706. The van der Waals surface area contributed by atoms with Gasteiger partial charge in [0.1, 0.15) is 11.9 Å². The number of ether oxygens (including phenoxy) is 1. The summed E-state index contributed by atoms with van der Waals surface area (Å²) in [6, 6.07) is 0. The molecule has 1 aromatic heterocycles. The van der Waals surface area contributed by atoms with Gasteiger partial charge in [-0.3, -0.25) is 0 Å². The Morgan fingerprint density at radius 3 is 2.81 bits per heavy atom. The Morgan fingerprint density at radius 2 is 2.19 bits per heavy atom. The minimum atomic E-state index is 0.0452. The van der Waals surface area contributed by atoms with Crippen molar-refractivity contribution in [2.75, 3.05) is 13.2 Å². The number of aromatic nitrogens is 2. The predicted molar refractivity (Wildman–Crippen MR) is 65.2 cm³/mol. The van der Waals surface area contributed by atoms with Gasteiger partial charge in [-0.15, -0.1) is 0 Å². The summed E-state index contributed by atoms with van der Waals surface area (Å²) in [5, 5.41) is 3.37. The van der Waals surface area contributed by atoms with E-state index in [1.807, 2.05) is 20.0 Å². The van der Waals surface area contributed by atoms with Gasteiger partial charge < -0.3 is 15.0 Å². The molecule has 0 aliphatic carbocycles. The van der Waals surface area contributed by atoms with Crippen molar-refractivity contribution in [1.82, 2.24) is 15.3 Å². The summed E-state index contributed by atoms with van der Waals surface area (Å²) in [6.07, 6.45) is 1.92. The minimum Gasteiger partial charge on any atom is -0.371 e. The van der Waals surface area contributed by atoms with Crippen LogP contribution < -0.4 is 5.32 Å². The molecule has 0 saturated carbocycles. The van der Waals surface area contributed by atoms with Crippen molar-refractivity contribution in [3.8, 4) is 0 Å². The number of hydrogen-bond acceptors (Lipinski definition) is 3. The first-order valence-electron chi connectivity index (χ1n) is 5.99. The molecule has 1 aromatic rings. The molecule has 0 radical (unpaired) electrons. The molecular weight excluding hydrogens is 202 g/mol. The van der Waals surface area contributed by atoms with E-state index in [0.717, 1.165) is 24.6 Å². The van der Waals surface area contributed by atoms with Gasteiger partial charge in [0, 0.05) is 25.0 Å². The summed E-state index contributed by atoms with van der Waals surface area (Å²) in [4.78, 5) is 7.58. The first-order valence-corrected chi connectivity index (χ1v) is 5.99. The highest BCUT2D eigenvalue weighted by molar-refractivity contribution is 5.02. The second kappa shape index (κ2) is 6.66. The van der Waals surface area contributed by atoms with Crippen molar-refractivity contribution in [1.29, 1.82) is 0 Å². The van der Waals surface area contributed by atoms with E-state index in [1.165, 1.54) is 0 Å². The molecule has 4 nitrogen and oxygen atoms in total. The second-order valence-corrected chi connectivity index (χ2v) is 4.42. The normalized spacial score (nSPS) is 13.3. The Hall–Kier alpha value is -0.870. The van der Waals surface area contributed by atoms with Crippen LogP contribution in [0.1, 0.15) is 45.3 Å². The van der Waals surface area contributed by atoms with Gasteiger partial charge >= 0.3 is 0 Å². The van der Waals surface area contributed by atoms with Gasteiger partial charge in [-0.25, -0.2) is 4.98 Å². The summed E-state index contributed by atoms with van der Waals surface area (Å²) in [7, 11) is 0. The Morgan fingerprint density at radius 1 is 1.44 bits per heavy atom. The van der Waals surface area contributed by atoms with Crippen molar-refractivity contribution in [2.45, 2.75) is 40.3 Å². The first-order chi connectivity index (χ1) is 7.63. The molecule has 0 bridgehead atoms. The number of H-pyrrole nitrogens is 1. The van der Waals surface area contributed by atoms with Crippen molar-refractivity contribution < 1.29 is 4.74 Å². The van der Waals surface area contributed by atoms with Crippen molar-refractivity contribution in [3.05, 3.63) is 17.7 Å². The first kappa shape index (κ1) is 13.2. The Labute approximate surface area is 97.8 Å². The zero-order valence-corrected chi connectivity index (χ0v) is 10.7. The van der Waals surface area contributed by atoms with E-state index in [2.05, 4.69) is 29.1 Å². The van der Waals surface area contributed by atoms with Crippen LogP contribution in [0.5, 0.6) is 0 Å². The van der Waals surface area contributed by atoms with E-state index in [4.69, 9.17) is 4.74 Å². The molecule has 4 heteroatoms. The molecule has 1 unspecified atom stereocenters. The van der Waals surface area contributed by atoms with Gasteiger partial charge in [-0.2, -0.15) is 0 Å². The van der Waals surface area contributed by atoms with E-state index >= 15 is 0 Å². The maximum atomic E-state index is 5.47. The zero-order chi connectivity index (χ0) is 12.0. The highest BCUT2D eigenvalue weighted by atomic mass is 16.5. The number of nitrogens with zero attached hydrogens (tertiary/aromatic N) is 1. The fourth-order valence-corrected chi connectivity index (χ4v) is 1.50. The average molecular weight is 225 g/mol. The SMILES string of the molecule is CCOC(C)c1ncc(CNCC(C)C)[nH]1. The third-order valence-corrected chi connectivity index (χ3v) is 2.32. The van der Waals surface area contributed by atoms with Crippen LogP contribution in [0, 0.1) is 5.92 Å². The van der Waals surface area contributed by atoms with Crippen molar-refractivity contribution >= 4 is 0 Å². The van der Waals surface area contributed by atoms with Crippen LogP contribution in [0.25, 0.3) is 0 Å². The highest BCUT2D eigenvalue weighted by Crippen LogP contribution is 2.12. The molecule has 0 aliphatic rings. The van der Waals surface area contributed by atoms with Gasteiger partial charge in [0.15, 0.2) is 0 Å². The number of nitrogens with one attached hydrogen (secondary N) is 2. The van der Waals surface area contributed by atoms with E-state index < -0.39 is 0 Å². The Kier molecular flexibility index (Phi) is 5.49. The summed E-state index contributed by atoms with van der Waals surface area (Å²) in [6.45, 7) is 11.0. The van der Waals surface area contributed by atoms with Crippen molar-refractivity contribution in [3.63, 3.8) is 0 Å². The van der Waals surface area contributed by atoms with Gasteiger partial charge in [-0.1, -0.05) is 13.8 Å². The highest BCUT2D eigenvalue weighted by Gasteiger charge is 2.08. The van der Waals surface area contributed by atoms with Gasteiger partial charge in [0.2, 0.25) is 0 Å². The molecule has 0 aliphatic heterocycles. The fourth-order valence-electron chi connectivity index (χ4n) is 1.50. The molecular formula is C12H23N3O. The lowest BCUT2D eigenvalue weighted by atomic mass is 10.2. The average Bonchev–Trinajstić information content (AvgIpc) is 2.66. The predicted octanol–water partition coefficient (Wildman–Crippen LogP) is 2.25. The van der Waals surface area contributed by atoms with E-state index in [9.17, 15) is 0 Å². The molecule has 0 amide bonds. The van der Waals surface area contributed by atoms with Crippen LogP contribution in [-0.2, 0) is 11.3 Å². The smallest absolute Gasteiger partial charge is 0.135 e. The minimum absolute atomic E-state index is 0.0452. The van der Waals surface area contributed by atoms with Gasteiger partial charge in [0.05, 0.1) is 0 Å². The maximum absolute atomic E-state index is 5.47. The third kappa shape index (κ3) is 4.33. The molecule has 0 aromatic carbocycles. The van der Waals surface area contributed by atoms with Crippen LogP contribution in [0.3, 0.4) is 0 Å².